The van der Waals surface area contributed by atoms with Crippen LogP contribution in [0.4, 0.5) is 0 Å². The van der Waals surface area contributed by atoms with Gasteiger partial charge < -0.3 is 5.32 Å². The summed E-state index contributed by atoms with van der Waals surface area (Å²) in [7, 11) is 0. The van der Waals surface area contributed by atoms with E-state index >= 15 is 0 Å². The van der Waals surface area contributed by atoms with E-state index in [9.17, 15) is 0 Å². The summed E-state index contributed by atoms with van der Waals surface area (Å²) in [4.78, 5) is 4.15. The van der Waals surface area contributed by atoms with E-state index < -0.39 is 0 Å². The smallest absolute Gasteiger partial charge is 0.197 e. The van der Waals surface area contributed by atoms with Gasteiger partial charge >= 0.3 is 0 Å². The normalized spacial score (nSPS) is 17.2. The Labute approximate surface area is 72.4 Å². The maximum absolute atomic E-state index is 4.87. The van der Waals surface area contributed by atoms with E-state index in [0.717, 1.165) is 17.8 Å². The van der Waals surface area contributed by atoms with Crippen molar-refractivity contribution in [1.82, 2.24) is 5.32 Å². The van der Waals surface area contributed by atoms with Crippen LogP contribution < -0.4 is 5.32 Å². The fraction of sp³-hybridized carbons (Fsp3) is 0.500. The molecule has 0 aromatic heterocycles. The average Bonchev–Trinajstić information content (AvgIpc) is 2.09. The highest BCUT2D eigenvalue weighted by molar-refractivity contribution is 7.80. The topological polar surface area (TPSA) is 24.4 Å². The molecular formula is C8H12N2S. The minimum Gasteiger partial charge on any atom is -0.330 e. The van der Waals surface area contributed by atoms with E-state index in [1.165, 1.54) is 0 Å². The molecule has 0 bridgehead atoms. The van der Waals surface area contributed by atoms with Gasteiger partial charge in [0.15, 0.2) is 5.11 Å². The van der Waals surface area contributed by atoms with Crippen molar-refractivity contribution in [3.63, 3.8) is 0 Å². The number of allylic oxidation sites excluding steroid dienone is 1. The molecule has 0 aromatic rings. The lowest BCUT2D eigenvalue weighted by atomic mass is 10.1. The number of thiocarbonyl (C=S) groups is 1. The Kier molecular flexibility index (Phi) is 2.39. The summed E-state index contributed by atoms with van der Waals surface area (Å²) in [5, 5.41) is 3.45. The third-order valence-electron chi connectivity index (χ3n) is 1.44. The Morgan fingerprint density at radius 3 is 2.64 bits per heavy atom. The van der Waals surface area contributed by atoms with Crippen LogP contribution >= 0.6 is 12.2 Å². The van der Waals surface area contributed by atoms with Crippen LogP contribution in [0.15, 0.2) is 17.3 Å². The molecule has 11 heavy (non-hydrogen) atoms. The number of nitrogens with one attached hydrogen (secondary N) is 1. The molecule has 3 heteroatoms. The number of hydrogen-bond donors (Lipinski definition) is 1. The molecule has 0 aliphatic carbocycles. The summed E-state index contributed by atoms with van der Waals surface area (Å²) >= 11 is 4.87. The lowest BCUT2D eigenvalue weighted by Gasteiger charge is -2.03. The number of nitrogens with zero attached hydrogens (tertiary/aromatic N) is 1. The SMILES string of the molecule is C=C1NC(=S)N=C1CC(C)C. The standard InChI is InChI=1S/C8H12N2S/c1-5(2)4-7-6(3)9-8(11)10-7/h5H,3-4H2,1-2H3,(H,9,11). The fourth-order valence-corrected chi connectivity index (χ4v) is 1.21. The fourth-order valence-electron chi connectivity index (χ4n) is 0.975. The highest BCUT2D eigenvalue weighted by atomic mass is 32.1. The van der Waals surface area contributed by atoms with Crippen molar-refractivity contribution in [2.45, 2.75) is 20.3 Å². The van der Waals surface area contributed by atoms with Gasteiger partial charge in [-0.3, -0.25) is 0 Å². The van der Waals surface area contributed by atoms with E-state index in [4.69, 9.17) is 12.2 Å². The number of rotatable bonds is 2. The summed E-state index contributed by atoms with van der Waals surface area (Å²) in [6.45, 7) is 8.11. The zero-order valence-corrected chi connectivity index (χ0v) is 7.66. The van der Waals surface area contributed by atoms with Crippen LogP contribution in [0.2, 0.25) is 0 Å². The molecule has 1 aliphatic heterocycles. The minimum atomic E-state index is 0.547. The predicted molar refractivity (Wildman–Crippen MR) is 51.8 cm³/mol. The Morgan fingerprint density at radius 2 is 2.27 bits per heavy atom. The van der Waals surface area contributed by atoms with Gasteiger partial charge in [0.2, 0.25) is 0 Å². The van der Waals surface area contributed by atoms with Gasteiger partial charge in [-0.2, -0.15) is 0 Å². The maximum atomic E-state index is 4.87. The van der Waals surface area contributed by atoms with Gasteiger partial charge in [0, 0.05) is 0 Å². The third kappa shape index (κ3) is 2.12. The number of hydrogen-bond acceptors (Lipinski definition) is 1. The third-order valence-corrected chi connectivity index (χ3v) is 1.64. The van der Waals surface area contributed by atoms with Crippen molar-refractivity contribution in [1.29, 1.82) is 0 Å². The molecule has 0 aromatic carbocycles. The van der Waals surface area contributed by atoms with Crippen LogP contribution in [0.25, 0.3) is 0 Å². The zero-order valence-electron chi connectivity index (χ0n) is 6.85. The summed E-state index contributed by atoms with van der Waals surface area (Å²) in [5.74, 6) is 0.605. The molecule has 1 aliphatic rings. The summed E-state index contributed by atoms with van der Waals surface area (Å²) in [6.07, 6.45) is 0.950. The van der Waals surface area contributed by atoms with Gasteiger partial charge in [0.05, 0.1) is 11.4 Å². The highest BCUT2D eigenvalue weighted by Crippen LogP contribution is 2.10. The van der Waals surface area contributed by atoms with Crippen molar-refractivity contribution in [2.24, 2.45) is 10.9 Å². The van der Waals surface area contributed by atoms with Crippen molar-refractivity contribution in [3.8, 4) is 0 Å². The second-order valence-electron chi connectivity index (χ2n) is 3.07. The Morgan fingerprint density at radius 1 is 1.64 bits per heavy atom. The molecule has 0 radical (unpaired) electrons. The molecule has 1 rings (SSSR count). The molecule has 0 fully saturated rings. The molecule has 1 N–H and O–H groups in total. The summed E-state index contributed by atoms with van der Waals surface area (Å²) < 4.78 is 0. The molecule has 1 heterocycles. The van der Waals surface area contributed by atoms with E-state index in [1.54, 1.807) is 0 Å². The van der Waals surface area contributed by atoms with Crippen molar-refractivity contribution >= 4 is 23.0 Å². The van der Waals surface area contributed by atoms with Crippen molar-refractivity contribution in [2.75, 3.05) is 0 Å². The molecule has 0 spiro atoms. The largest absolute Gasteiger partial charge is 0.330 e. The van der Waals surface area contributed by atoms with Gasteiger partial charge in [0.25, 0.3) is 0 Å². The lowest BCUT2D eigenvalue weighted by molar-refractivity contribution is 0.684. The van der Waals surface area contributed by atoms with Crippen LogP contribution in [0.1, 0.15) is 20.3 Å². The maximum Gasteiger partial charge on any atom is 0.197 e. The molecule has 0 unspecified atom stereocenters. The lowest BCUT2D eigenvalue weighted by Crippen LogP contribution is -2.13. The van der Waals surface area contributed by atoms with Gasteiger partial charge in [-0.05, 0) is 24.6 Å². The molecule has 0 saturated carbocycles. The van der Waals surface area contributed by atoms with E-state index in [-0.39, 0.29) is 0 Å². The first kappa shape index (κ1) is 8.40. The molecule has 0 saturated heterocycles. The van der Waals surface area contributed by atoms with Crippen molar-refractivity contribution < 1.29 is 0 Å². The first-order chi connectivity index (χ1) is 5.09. The predicted octanol–water partition coefficient (Wildman–Crippen LogP) is 1.88. The summed E-state index contributed by atoms with van der Waals surface area (Å²) in [5.41, 5.74) is 1.87. The molecular weight excluding hydrogens is 156 g/mol. The monoisotopic (exact) mass is 168 g/mol. The first-order valence-electron chi connectivity index (χ1n) is 3.67. The van der Waals surface area contributed by atoms with Crippen LogP contribution in [0, 0.1) is 5.92 Å². The Hall–Kier alpha value is -0.700. The van der Waals surface area contributed by atoms with E-state index in [2.05, 4.69) is 30.7 Å². The summed E-state index contributed by atoms with van der Waals surface area (Å²) in [6, 6.07) is 0. The minimum absolute atomic E-state index is 0.547. The average molecular weight is 168 g/mol. The highest BCUT2D eigenvalue weighted by Gasteiger charge is 2.14. The second kappa shape index (κ2) is 3.13. The van der Waals surface area contributed by atoms with Gasteiger partial charge in [-0.25, -0.2) is 4.99 Å². The van der Waals surface area contributed by atoms with Gasteiger partial charge in [0.1, 0.15) is 0 Å². The van der Waals surface area contributed by atoms with Crippen LogP contribution in [0.5, 0.6) is 0 Å². The molecule has 0 amide bonds. The zero-order chi connectivity index (χ0) is 8.43. The molecule has 60 valence electrons. The molecule has 0 atom stereocenters. The van der Waals surface area contributed by atoms with Crippen molar-refractivity contribution in [3.05, 3.63) is 12.3 Å². The van der Waals surface area contributed by atoms with Gasteiger partial charge in [-0.1, -0.05) is 20.4 Å². The second-order valence-corrected chi connectivity index (χ2v) is 3.45. The Bertz CT molecular complexity index is 228. The van der Waals surface area contributed by atoms with Crippen LogP contribution in [0.3, 0.4) is 0 Å². The molecule has 2 nitrogen and oxygen atoms in total. The van der Waals surface area contributed by atoms with E-state index in [0.29, 0.717) is 11.0 Å². The van der Waals surface area contributed by atoms with Crippen LogP contribution in [-0.4, -0.2) is 10.8 Å². The first-order valence-corrected chi connectivity index (χ1v) is 4.08. The number of aliphatic imine (C=N–C) groups is 1. The Balaban J connectivity index is 2.64. The van der Waals surface area contributed by atoms with Crippen LogP contribution in [-0.2, 0) is 0 Å². The van der Waals surface area contributed by atoms with E-state index in [1.807, 2.05) is 0 Å². The quantitative estimate of drug-likeness (QED) is 0.637. The van der Waals surface area contributed by atoms with Gasteiger partial charge in [-0.15, -0.1) is 0 Å².